The predicted octanol–water partition coefficient (Wildman–Crippen LogP) is 0.866. The molecule has 0 bridgehead atoms. The van der Waals surface area contributed by atoms with Crippen molar-refractivity contribution in [3.63, 3.8) is 0 Å². The molecule has 0 fully saturated rings. The van der Waals surface area contributed by atoms with Gasteiger partial charge in [-0.2, -0.15) is 0 Å². The monoisotopic (exact) mass is 186 g/mol. The zero-order chi connectivity index (χ0) is 10.4. The lowest BCUT2D eigenvalue weighted by molar-refractivity contribution is -0.147. The number of carbonyl (C=O) groups is 2. The highest BCUT2D eigenvalue weighted by molar-refractivity contribution is 5.83. The van der Waals surface area contributed by atoms with Crippen LogP contribution < -0.4 is 5.01 Å². The summed E-state index contributed by atoms with van der Waals surface area (Å²) >= 11 is 0. The highest BCUT2D eigenvalue weighted by Gasteiger charge is 2.28. The van der Waals surface area contributed by atoms with Gasteiger partial charge in [0.1, 0.15) is 7.05 Å². The third-order valence-electron chi connectivity index (χ3n) is 1.94. The molecule has 2 amide bonds. The van der Waals surface area contributed by atoms with E-state index in [0.29, 0.717) is 12.8 Å². The van der Waals surface area contributed by atoms with E-state index in [-0.39, 0.29) is 11.8 Å². The number of carbonyl (C=O) groups excluding carboxylic acids is 2. The topological polar surface area (TPSA) is 43.3 Å². The maximum Gasteiger partial charge on any atom is 0.388 e. The van der Waals surface area contributed by atoms with Gasteiger partial charge in [-0.15, -0.1) is 5.01 Å². The van der Waals surface area contributed by atoms with Gasteiger partial charge < -0.3 is 0 Å². The van der Waals surface area contributed by atoms with Crippen LogP contribution in [0.4, 0.5) is 0 Å². The summed E-state index contributed by atoms with van der Waals surface area (Å²) in [7, 11) is 3.23. The summed E-state index contributed by atoms with van der Waals surface area (Å²) in [6.07, 6.45) is 1.70. The first kappa shape index (κ1) is 12.1. The van der Waals surface area contributed by atoms with E-state index in [9.17, 15) is 9.59 Å². The Bertz CT molecular complexity index is 192. The molecule has 0 saturated carbocycles. The molecule has 0 N–H and O–H groups in total. The molecule has 0 unspecified atom stereocenters. The second kappa shape index (κ2) is 5.70. The molecule has 75 valence electrons. The Morgan fingerprint density at radius 1 is 1.31 bits per heavy atom. The third-order valence-corrected chi connectivity index (χ3v) is 1.94. The van der Waals surface area contributed by atoms with Crippen LogP contribution in [0.25, 0.3) is 0 Å². The quantitative estimate of drug-likeness (QED) is 0.485. The highest BCUT2D eigenvalue weighted by Crippen LogP contribution is 1.97. The molecular formula is C9H18N2O2+. The van der Waals surface area contributed by atoms with Crippen LogP contribution in [0.5, 0.6) is 0 Å². The van der Waals surface area contributed by atoms with Crippen molar-refractivity contribution in [2.75, 3.05) is 14.1 Å². The van der Waals surface area contributed by atoms with Gasteiger partial charge >= 0.3 is 5.91 Å². The molecule has 13 heavy (non-hydrogen) atoms. The van der Waals surface area contributed by atoms with Gasteiger partial charge in [0.05, 0.1) is 13.5 Å². The van der Waals surface area contributed by atoms with Gasteiger partial charge in [-0.1, -0.05) is 13.8 Å². The standard InChI is InChI=1S/C9H18N2O2/c1-5-7-9(13)11(4)10(3)8(12)6-2/h5-7H2,1-4H3/q+1. The van der Waals surface area contributed by atoms with E-state index in [2.05, 4.69) is 0 Å². The van der Waals surface area contributed by atoms with Gasteiger partial charge in [-0.3, -0.25) is 4.79 Å². The van der Waals surface area contributed by atoms with E-state index in [4.69, 9.17) is 0 Å². The summed E-state index contributed by atoms with van der Waals surface area (Å²) in [5.41, 5.74) is 0. The van der Waals surface area contributed by atoms with E-state index in [0.717, 1.165) is 6.42 Å². The molecule has 0 spiro atoms. The Morgan fingerprint density at radius 3 is 2.23 bits per heavy atom. The van der Waals surface area contributed by atoms with Crippen LogP contribution in [-0.2, 0) is 9.59 Å². The second-order valence-electron chi connectivity index (χ2n) is 2.94. The fraction of sp³-hybridized carbons (Fsp3) is 0.778. The summed E-state index contributed by atoms with van der Waals surface area (Å²) in [5.74, 6) is -0.0706. The minimum absolute atomic E-state index is 0.0215. The normalized spacial score (nSPS) is 10.2. The van der Waals surface area contributed by atoms with Crippen LogP contribution in [0.1, 0.15) is 33.1 Å². The SMILES string of the molecule is CCCC(=O)[N+](C)N(C)C(=O)CC. The molecule has 0 heterocycles. The van der Waals surface area contributed by atoms with Crippen molar-refractivity contribution in [3.05, 3.63) is 0 Å². The fourth-order valence-corrected chi connectivity index (χ4v) is 0.939. The van der Waals surface area contributed by atoms with E-state index in [1.54, 1.807) is 21.0 Å². The van der Waals surface area contributed by atoms with Crippen LogP contribution in [-0.4, -0.2) is 30.9 Å². The number of hydrazine groups is 1. The zero-order valence-electron chi connectivity index (χ0n) is 8.83. The maximum atomic E-state index is 11.3. The molecule has 0 saturated heterocycles. The van der Waals surface area contributed by atoms with Crippen LogP contribution in [0.2, 0.25) is 0 Å². The largest absolute Gasteiger partial charge is 0.388 e. The number of hydrogen-bond acceptors (Lipinski definition) is 2. The molecule has 4 heteroatoms. The van der Waals surface area contributed by atoms with Crippen molar-refractivity contribution in [3.8, 4) is 0 Å². The Hall–Kier alpha value is -0.900. The van der Waals surface area contributed by atoms with Gasteiger partial charge in [0, 0.05) is 11.4 Å². The molecule has 0 aliphatic heterocycles. The third kappa shape index (κ3) is 3.55. The molecule has 0 aliphatic rings. The lowest BCUT2D eigenvalue weighted by Gasteiger charge is -2.14. The van der Waals surface area contributed by atoms with Gasteiger partial charge in [0.25, 0.3) is 5.91 Å². The van der Waals surface area contributed by atoms with Crippen LogP contribution in [0.15, 0.2) is 0 Å². The molecule has 4 nitrogen and oxygen atoms in total. The smallest absolute Gasteiger partial charge is 0.270 e. The van der Waals surface area contributed by atoms with E-state index < -0.39 is 0 Å². The predicted molar refractivity (Wildman–Crippen MR) is 51.0 cm³/mol. The van der Waals surface area contributed by atoms with Crippen molar-refractivity contribution in [2.24, 2.45) is 0 Å². The lowest BCUT2D eigenvalue weighted by Crippen LogP contribution is -2.49. The second-order valence-corrected chi connectivity index (χ2v) is 2.94. The van der Waals surface area contributed by atoms with Crippen LogP contribution in [0, 0.1) is 0 Å². The molecule has 0 aromatic heterocycles. The number of nitrogens with zero attached hydrogens (tertiary/aromatic N) is 2. The molecule has 0 aliphatic carbocycles. The summed E-state index contributed by atoms with van der Waals surface area (Å²) in [5, 5.41) is 2.73. The number of amides is 2. The number of hydrogen-bond donors (Lipinski definition) is 0. The van der Waals surface area contributed by atoms with Crippen molar-refractivity contribution in [2.45, 2.75) is 33.1 Å². The summed E-state index contributed by atoms with van der Waals surface area (Å²) < 4.78 is 0. The summed E-state index contributed by atoms with van der Waals surface area (Å²) in [6.45, 7) is 3.71. The van der Waals surface area contributed by atoms with Gasteiger partial charge in [0.15, 0.2) is 0 Å². The lowest BCUT2D eigenvalue weighted by atomic mass is 10.3. The first-order valence-electron chi connectivity index (χ1n) is 4.57. The average Bonchev–Trinajstić information content (AvgIpc) is 2.14. The van der Waals surface area contributed by atoms with Crippen molar-refractivity contribution >= 4 is 11.8 Å². The zero-order valence-corrected chi connectivity index (χ0v) is 8.83. The Labute approximate surface area is 79.5 Å². The fourth-order valence-electron chi connectivity index (χ4n) is 0.939. The van der Waals surface area contributed by atoms with Crippen LogP contribution in [0.3, 0.4) is 0 Å². The first-order valence-corrected chi connectivity index (χ1v) is 4.57. The number of rotatable bonds is 3. The summed E-state index contributed by atoms with van der Waals surface area (Å²) in [4.78, 5) is 22.5. The van der Waals surface area contributed by atoms with E-state index in [1.165, 1.54) is 10.0 Å². The average molecular weight is 186 g/mol. The minimum Gasteiger partial charge on any atom is -0.270 e. The molecule has 1 radical (unpaired) electrons. The minimum atomic E-state index is -0.0491. The first-order chi connectivity index (χ1) is 6.04. The van der Waals surface area contributed by atoms with Crippen molar-refractivity contribution in [1.29, 1.82) is 0 Å². The maximum absolute atomic E-state index is 11.3. The Morgan fingerprint density at radius 2 is 1.85 bits per heavy atom. The van der Waals surface area contributed by atoms with Gasteiger partial charge in [0.2, 0.25) is 0 Å². The molecule has 0 aromatic rings. The van der Waals surface area contributed by atoms with E-state index >= 15 is 0 Å². The Kier molecular flexibility index (Phi) is 5.30. The van der Waals surface area contributed by atoms with Crippen LogP contribution >= 0.6 is 0 Å². The van der Waals surface area contributed by atoms with Gasteiger partial charge in [-0.05, 0) is 6.42 Å². The van der Waals surface area contributed by atoms with Crippen molar-refractivity contribution in [1.82, 2.24) is 10.0 Å². The molecule has 0 aromatic carbocycles. The summed E-state index contributed by atoms with van der Waals surface area (Å²) in [6, 6.07) is 0. The van der Waals surface area contributed by atoms with E-state index in [1.807, 2.05) is 6.92 Å². The molecule has 0 rings (SSSR count). The molecule has 0 atom stereocenters. The van der Waals surface area contributed by atoms with Gasteiger partial charge in [-0.25, -0.2) is 4.79 Å². The highest BCUT2D eigenvalue weighted by atomic mass is 16.2. The Balaban J connectivity index is 4.16. The van der Waals surface area contributed by atoms with Crippen molar-refractivity contribution < 1.29 is 9.59 Å². The molecular weight excluding hydrogens is 168 g/mol.